The SMILES string of the molecule is CCc1ccccc1CNC1=NCCCCC1. The van der Waals surface area contributed by atoms with Gasteiger partial charge in [-0.15, -0.1) is 0 Å². The van der Waals surface area contributed by atoms with Crippen LogP contribution in [0.15, 0.2) is 29.3 Å². The van der Waals surface area contributed by atoms with E-state index >= 15 is 0 Å². The predicted octanol–water partition coefficient (Wildman–Crippen LogP) is 3.31. The summed E-state index contributed by atoms with van der Waals surface area (Å²) in [5, 5.41) is 3.50. The monoisotopic (exact) mass is 230 g/mol. The number of nitrogens with zero attached hydrogens (tertiary/aromatic N) is 1. The molecule has 2 nitrogen and oxygen atoms in total. The third-order valence-corrected chi connectivity index (χ3v) is 3.36. The summed E-state index contributed by atoms with van der Waals surface area (Å²) >= 11 is 0. The summed E-state index contributed by atoms with van der Waals surface area (Å²) in [7, 11) is 0. The molecule has 1 heterocycles. The molecule has 0 spiro atoms. The van der Waals surface area contributed by atoms with Crippen LogP contribution in [0.3, 0.4) is 0 Å². The fourth-order valence-corrected chi connectivity index (χ4v) is 2.29. The molecule has 0 saturated carbocycles. The van der Waals surface area contributed by atoms with Crippen LogP contribution in [0.1, 0.15) is 43.7 Å². The first-order chi connectivity index (χ1) is 8.40. The molecule has 1 aliphatic heterocycles. The van der Waals surface area contributed by atoms with Crippen molar-refractivity contribution in [1.29, 1.82) is 0 Å². The lowest BCUT2D eigenvalue weighted by Crippen LogP contribution is -2.23. The Bertz CT molecular complexity index is 382. The van der Waals surface area contributed by atoms with Crippen molar-refractivity contribution in [3.05, 3.63) is 35.4 Å². The van der Waals surface area contributed by atoms with Crippen molar-refractivity contribution >= 4 is 5.84 Å². The summed E-state index contributed by atoms with van der Waals surface area (Å²) < 4.78 is 0. The lowest BCUT2D eigenvalue weighted by molar-refractivity contribution is 0.728. The largest absolute Gasteiger partial charge is 0.370 e. The summed E-state index contributed by atoms with van der Waals surface area (Å²) in [6.07, 6.45) is 6.07. The number of amidine groups is 1. The van der Waals surface area contributed by atoms with Crippen molar-refractivity contribution in [3.63, 3.8) is 0 Å². The lowest BCUT2D eigenvalue weighted by atomic mass is 10.1. The highest BCUT2D eigenvalue weighted by molar-refractivity contribution is 5.82. The zero-order valence-corrected chi connectivity index (χ0v) is 10.7. The minimum Gasteiger partial charge on any atom is -0.370 e. The van der Waals surface area contributed by atoms with Crippen molar-refractivity contribution in [3.8, 4) is 0 Å². The Morgan fingerprint density at radius 1 is 1.12 bits per heavy atom. The van der Waals surface area contributed by atoms with Crippen LogP contribution < -0.4 is 5.32 Å². The lowest BCUT2D eigenvalue weighted by Gasteiger charge is -2.11. The molecule has 0 aromatic heterocycles. The molecule has 0 aliphatic carbocycles. The van der Waals surface area contributed by atoms with Gasteiger partial charge in [0.25, 0.3) is 0 Å². The maximum atomic E-state index is 4.60. The highest BCUT2D eigenvalue weighted by Gasteiger charge is 2.05. The van der Waals surface area contributed by atoms with Gasteiger partial charge >= 0.3 is 0 Å². The molecule has 17 heavy (non-hydrogen) atoms. The molecule has 1 aromatic rings. The van der Waals surface area contributed by atoms with Crippen LogP contribution in [0.2, 0.25) is 0 Å². The van der Waals surface area contributed by atoms with E-state index in [4.69, 9.17) is 0 Å². The van der Waals surface area contributed by atoms with Gasteiger partial charge in [0.2, 0.25) is 0 Å². The van der Waals surface area contributed by atoms with Crippen LogP contribution in [0.4, 0.5) is 0 Å². The van der Waals surface area contributed by atoms with Gasteiger partial charge in [-0.1, -0.05) is 37.6 Å². The summed E-state index contributed by atoms with van der Waals surface area (Å²) in [5.41, 5.74) is 2.84. The highest BCUT2D eigenvalue weighted by Crippen LogP contribution is 2.10. The predicted molar refractivity (Wildman–Crippen MR) is 73.4 cm³/mol. The number of nitrogens with one attached hydrogen (secondary N) is 1. The zero-order valence-electron chi connectivity index (χ0n) is 10.7. The highest BCUT2D eigenvalue weighted by atomic mass is 15.0. The Labute approximate surface area is 104 Å². The Hall–Kier alpha value is -1.31. The van der Waals surface area contributed by atoms with Gasteiger partial charge in [-0.05, 0) is 30.4 Å². The molecule has 92 valence electrons. The minimum absolute atomic E-state index is 0.919. The van der Waals surface area contributed by atoms with Crippen LogP contribution in [-0.2, 0) is 13.0 Å². The van der Waals surface area contributed by atoms with Crippen LogP contribution >= 0.6 is 0 Å². The first-order valence-electron chi connectivity index (χ1n) is 6.74. The Morgan fingerprint density at radius 3 is 2.76 bits per heavy atom. The molecule has 1 aromatic carbocycles. The second-order valence-electron chi connectivity index (χ2n) is 4.61. The molecular formula is C15H22N2. The number of rotatable bonds is 3. The van der Waals surface area contributed by atoms with Crippen molar-refractivity contribution < 1.29 is 0 Å². The topological polar surface area (TPSA) is 24.4 Å². The smallest absolute Gasteiger partial charge is 0.0965 e. The molecule has 0 saturated heterocycles. The van der Waals surface area contributed by atoms with E-state index in [1.54, 1.807) is 0 Å². The van der Waals surface area contributed by atoms with Crippen LogP contribution in [0.25, 0.3) is 0 Å². The van der Waals surface area contributed by atoms with E-state index in [1.165, 1.54) is 36.2 Å². The third kappa shape index (κ3) is 3.58. The Kier molecular flexibility index (Phi) is 4.60. The standard InChI is InChI=1S/C15H22N2/c1-2-13-8-5-6-9-14(13)12-17-15-10-4-3-7-11-16-15/h5-6,8-9H,2-4,7,10-12H2,1H3,(H,16,17). The van der Waals surface area contributed by atoms with Crippen LogP contribution in [0, 0.1) is 0 Å². The normalized spacial score (nSPS) is 16.2. The van der Waals surface area contributed by atoms with E-state index in [0.29, 0.717) is 0 Å². The van der Waals surface area contributed by atoms with Crippen LogP contribution in [-0.4, -0.2) is 12.4 Å². The van der Waals surface area contributed by atoms with E-state index < -0.39 is 0 Å². The molecule has 0 radical (unpaired) electrons. The van der Waals surface area contributed by atoms with Gasteiger partial charge in [0, 0.05) is 19.5 Å². The number of hydrogen-bond acceptors (Lipinski definition) is 2. The number of aryl methyl sites for hydroxylation is 1. The fourth-order valence-electron chi connectivity index (χ4n) is 2.29. The first kappa shape index (κ1) is 12.2. The average Bonchev–Trinajstić information content (AvgIpc) is 2.65. The maximum absolute atomic E-state index is 4.60. The van der Waals surface area contributed by atoms with Crippen molar-refractivity contribution in [2.75, 3.05) is 6.54 Å². The summed E-state index contributed by atoms with van der Waals surface area (Å²) in [6, 6.07) is 8.66. The van der Waals surface area contributed by atoms with Gasteiger partial charge in [-0.25, -0.2) is 0 Å². The van der Waals surface area contributed by atoms with Gasteiger partial charge in [-0.2, -0.15) is 0 Å². The van der Waals surface area contributed by atoms with E-state index in [1.807, 2.05) is 0 Å². The molecule has 1 aliphatic rings. The van der Waals surface area contributed by atoms with Crippen molar-refractivity contribution in [2.45, 2.75) is 45.6 Å². The summed E-state index contributed by atoms with van der Waals surface area (Å²) in [4.78, 5) is 4.60. The average molecular weight is 230 g/mol. The summed E-state index contributed by atoms with van der Waals surface area (Å²) in [5.74, 6) is 1.20. The maximum Gasteiger partial charge on any atom is 0.0965 e. The van der Waals surface area contributed by atoms with Crippen molar-refractivity contribution in [1.82, 2.24) is 5.32 Å². The summed E-state index contributed by atoms with van der Waals surface area (Å²) in [6.45, 7) is 4.13. The second kappa shape index (κ2) is 6.43. The third-order valence-electron chi connectivity index (χ3n) is 3.36. The van der Waals surface area contributed by atoms with Gasteiger partial charge in [-0.3, -0.25) is 4.99 Å². The molecule has 0 atom stereocenters. The molecule has 1 N–H and O–H groups in total. The van der Waals surface area contributed by atoms with Gasteiger partial charge < -0.3 is 5.32 Å². The molecular weight excluding hydrogens is 208 g/mol. The Balaban J connectivity index is 1.94. The van der Waals surface area contributed by atoms with Gasteiger partial charge in [0.05, 0.1) is 5.84 Å². The van der Waals surface area contributed by atoms with E-state index in [0.717, 1.165) is 25.9 Å². The second-order valence-corrected chi connectivity index (χ2v) is 4.61. The molecule has 0 fully saturated rings. The molecule has 2 rings (SSSR count). The molecule has 2 heteroatoms. The molecule has 0 unspecified atom stereocenters. The quantitative estimate of drug-likeness (QED) is 0.846. The van der Waals surface area contributed by atoms with E-state index in [2.05, 4.69) is 41.5 Å². The molecule has 0 amide bonds. The van der Waals surface area contributed by atoms with Crippen LogP contribution in [0.5, 0.6) is 0 Å². The zero-order chi connectivity index (χ0) is 11.9. The van der Waals surface area contributed by atoms with Gasteiger partial charge in [0.15, 0.2) is 0 Å². The van der Waals surface area contributed by atoms with E-state index in [-0.39, 0.29) is 0 Å². The number of hydrogen-bond donors (Lipinski definition) is 1. The molecule has 0 bridgehead atoms. The van der Waals surface area contributed by atoms with Crippen molar-refractivity contribution in [2.24, 2.45) is 4.99 Å². The minimum atomic E-state index is 0.919. The number of aliphatic imine (C=N–C) groups is 1. The van der Waals surface area contributed by atoms with E-state index in [9.17, 15) is 0 Å². The van der Waals surface area contributed by atoms with Gasteiger partial charge in [0.1, 0.15) is 0 Å². The fraction of sp³-hybridized carbons (Fsp3) is 0.533. The number of benzene rings is 1. The first-order valence-corrected chi connectivity index (χ1v) is 6.74. The Morgan fingerprint density at radius 2 is 1.94 bits per heavy atom.